The molecular formula is C15H31N. The molecule has 0 aromatic rings. The summed E-state index contributed by atoms with van der Waals surface area (Å²) in [5.41, 5.74) is 0.948. The molecule has 1 aliphatic carbocycles. The van der Waals surface area contributed by atoms with Crippen molar-refractivity contribution < 1.29 is 0 Å². The zero-order valence-electron chi connectivity index (χ0n) is 12.2. The lowest BCUT2D eigenvalue weighted by atomic mass is 9.85. The monoisotopic (exact) mass is 225 g/mol. The molecule has 0 saturated heterocycles. The Balaban J connectivity index is 2.44. The summed E-state index contributed by atoms with van der Waals surface area (Å²) in [6.45, 7) is 14.1. The molecule has 1 heteroatoms. The van der Waals surface area contributed by atoms with Crippen LogP contribution >= 0.6 is 0 Å². The van der Waals surface area contributed by atoms with E-state index >= 15 is 0 Å². The van der Waals surface area contributed by atoms with Gasteiger partial charge in [0.1, 0.15) is 0 Å². The third-order valence-electron chi connectivity index (χ3n) is 4.36. The van der Waals surface area contributed by atoms with Crippen molar-refractivity contribution in [2.45, 2.75) is 85.7 Å². The van der Waals surface area contributed by atoms with E-state index in [1.807, 2.05) is 0 Å². The molecule has 1 fully saturated rings. The van der Waals surface area contributed by atoms with E-state index in [1.54, 1.807) is 0 Å². The SMILES string of the molecule is CC(NC1CCCC(C)(C)CC1)C(C)(C)C. The van der Waals surface area contributed by atoms with Crippen molar-refractivity contribution in [1.29, 1.82) is 0 Å². The Labute approximate surface area is 102 Å². The molecule has 0 bridgehead atoms. The van der Waals surface area contributed by atoms with Gasteiger partial charge in [-0.15, -0.1) is 0 Å². The van der Waals surface area contributed by atoms with Crippen LogP contribution in [-0.4, -0.2) is 12.1 Å². The zero-order valence-corrected chi connectivity index (χ0v) is 12.2. The highest BCUT2D eigenvalue weighted by Gasteiger charge is 2.27. The first kappa shape index (κ1) is 14.0. The van der Waals surface area contributed by atoms with Crippen LogP contribution in [0.5, 0.6) is 0 Å². The summed E-state index contributed by atoms with van der Waals surface area (Å²) in [5, 5.41) is 3.84. The van der Waals surface area contributed by atoms with E-state index in [9.17, 15) is 0 Å². The second-order valence-corrected chi connectivity index (χ2v) is 7.55. The van der Waals surface area contributed by atoms with Crippen molar-refractivity contribution in [2.24, 2.45) is 10.8 Å². The molecule has 1 saturated carbocycles. The summed E-state index contributed by atoms with van der Waals surface area (Å²) in [7, 11) is 0. The summed E-state index contributed by atoms with van der Waals surface area (Å²) < 4.78 is 0. The average Bonchev–Trinajstić information content (AvgIpc) is 2.26. The number of nitrogens with one attached hydrogen (secondary N) is 1. The minimum atomic E-state index is 0.377. The standard InChI is InChI=1S/C15H31N/c1-12(14(2,3)4)16-13-8-7-10-15(5,6)11-9-13/h12-13,16H,7-11H2,1-6H3. The van der Waals surface area contributed by atoms with Crippen molar-refractivity contribution in [3.05, 3.63) is 0 Å². The van der Waals surface area contributed by atoms with E-state index in [0.29, 0.717) is 16.9 Å². The second kappa shape index (κ2) is 5.08. The Morgan fingerprint density at radius 2 is 1.75 bits per heavy atom. The molecule has 1 N–H and O–H groups in total. The highest BCUT2D eigenvalue weighted by Crippen LogP contribution is 2.34. The maximum absolute atomic E-state index is 3.84. The third-order valence-corrected chi connectivity index (χ3v) is 4.36. The van der Waals surface area contributed by atoms with Crippen LogP contribution in [-0.2, 0) is 0 Å². The van der Waals surface area contributed by atoms with Crippen molar-refractivity contribution in [3.8, 4) is 0 Å². The molecule has 0 radical (unpaired) electrons. The second-order valence-electron chi connectivity index (χ2n) is 7.55. The minimum Gasteiger partial charge on any atom is -0.311 e. The van der Waals surface area contributed by atoms with Gasteiger partial charge in [0.25, 0.3) is 0 Å². The zero-order chi connectivity index (χ0) is 12.4. The lowest BCUT2D eigenvalue weighted by Gasteiger charge is -2.32. The fourth-order valence-corrected chi connectivity index (χ4v) is 2.43. The van der Waals surface area contributed by atoms with Gasteiger partial charge in [-0.2, -0.15) is 0 Å². The summed E-state index contributed by atoms with van der Waals surface area (Å²) in [6.07, 6.45) is 6.88. The smallest absolute Gasteiger partial charge is 0.00898 e. The van der Waals surface area contributed by atoms with E-state index in [-0.39, 0.29) is 0 Å². The van der Waals surface area contributed by atoms with E-state index in [1.165, 1.54) is 32.1 Å². The van der Waals surface area contributed by atoms with Gasteiger partial charge in [-0.1, -0.05) is 41.0 Å². The van der Waals surface area contributed by atoms with Gasteiger partial charge < -0.3 is 5.32 Å². The molecular weight excluding hydrogens is 194 g/mol. The van der Waals surface area contributed by atoms with Crippen LogP contribution in [0.3, 0.4) is 0 Å². The number of rotatable bonds is 2. The Kier molecular flexibility index (Phi) is 4.45. The van der Waals surface area contributed by atoms with Crippen molar-refractivity contribution in [2.75, 3.05) is 0 Å². The van der Waals surface area contributed by atoms with Crippen LogP contribution in [0.4, 0.5) is 0 Å². The topological polar surface area (TPSA) is 12.0 Å². The molecule has 0 aliphatic heterocycles. The molecule has 1 nitrogen and oxygen atoms in total. The van der Waals surface area contributed by atoms with Gasteiger partial charge in [-0.3, -0.25) is 0 Å². The molecule has 16 heavy (non-hydrogen) atoms. The number of hydrogen-bond acceptors (Lipinski definition) is 1. The molecule has 0 aromatic heterocycles. The van der Waals surface area contributed by atoms with Gasteiger partial charge in [0.05, 0.1) is 0 Å². The molecule has 96 valence electrons. The highest BCUT2D eigenvalue weighted by atomic mass is 15.0. The summed E-state index contributed by atoms with van der Waals surface area (Å²) in [4.78, 5) is 0. The predicted octanol–water partition coefficient (Wildman–Crippen LogP) is 4.37. The first-order chi connectivity index (χ1) is 7.21. The van der Waals surface area contributed by atoms with Crippen LogP contribution in [0.25, 0.3) is 0 Å². The van der Waals surface area contributed by atoms with Crippen molar-refractivity contribution in [3.63, 3.8) is 0 Å². The minimum absolute atomic E-state index is 0.377. The van der Waals surface area contributed by atoms with Crippen molar-refractivity contribution >= 4 is 0 Å². The molecule has 0 amide bonds. The Morgan fingerprint density at radius 3 is 2.31 bits per heavy atom. The largest absolute Gasteiger partial charge is 0.311 e. The van der Waals surface area contributed by atoms with E-state index in [0.717, 1.165) is 6.04 Å². The van der Waals surface area contributed by atoms with Crippen LogP contribution in [0.2, 0.25) is 0 Å². The Hall–Kier alpha value is -0.0400. The average molecular weight is 225 g/mol. The lowest BCUT2D eigenvalue weighted by molar-refractivity contribution is 0.248. The highest BCUT2D eigenvalue weighted by molar-refractivity contribution is 4.84. The summed E-state index contributed by atoms with van der Waals surface area (Å²) in [6, 6.07) is 1.36. The summed E-state index contributed by atoms with van der Waals surface area (Å²) >= 11 is 0. The van der Waals surface area contributed by atoms with E-state index in [4.69, 9.17) is 0 Å². The van der Waals surface area contributed by atoms with Gasteiger partial charge in [0.15, 0.2) is 0 Å². The molecule has 0 heterocycles. The quantitative estimate of drug-likeness (QED) is 0.688. The Bertz CT molecular complexity index is 212. The maximum atomic E-state index is 3.84. The van der Waals surface area contributed by atoms with Crippen LogP contribution in [0.1, 0.15) is 73.6 Å². The molecule has 0 aromatic carbocycles. The van der Waals surface area contributed by atoms with Gasteiger partial charge in [0, 0.05) is 12.1 Å². The molecule has 2 atom stereocenters. The van der Waals surface area contributed by atoms with Crippen LogP contribution in [0, 0.1) is 10.8 Å². The molecule has 2 unspecified atom stereocenters. The van der Waals surface area contributed by atoms with E-state index < -0.39 is 0 Å². The van der Waals surface area contributed by atoms with Crippen molar-refractivity contribution in [1.82, 2.24) is 5.32 Å². The molecule has 0 spiro atoms. The molecule has 1 rings (SSSR count). The third kappa shape index (κ3) is 4.45. The fraction of sp³-hybridized carbons (Fsp3) is 1.00. The van der Waals surface area contributed by atoms with Gasteiger partial charge >= 0.3 is 0 Å². The lowest BCUT2D eigenvalue weighted by Crippen LogP contribution is -2.43. The first-order valence-electron chi connectivity index (χ1n) is 6.97. The maximum Gasteiger partial charge on any atom is 0.00898 e. The first-order valence-corrected chi connectivity index (χ1v) is 6.97. The Morgan fingerprint density at radius 1 is 1.12 bits per heavy atom. The normalized spacial score (nSPS) is 28.5. The van der Waals surface area contributed by atoms with Crippen LogP contribution < -0.4 is 5.32 Å². The van der Waals surface area contributed by atoms with Gasteiger partial charge in [-0.05, 0) is 43.4 Å². The number of hydrogen-bond donors (Lipinski definition) is 1. The van der Waals surface area contributed by atoms with Crippen LogP contribution in [0.15, 0.2) is 0 Å². The van der Waals surface area contributed by atoms with E-state index in [2.05, 4.69) is 46.9 Å². The summed E-state index contributed by atoms with van der Waals surface area (Å²) in [5.74, 6) is 0. The fourth-order valence-electron chi connectivity index (χ4n) is 2.43. The molecule has 1 aliphatic rings. The van der Waals surface area contributed by atoms with Gasteiger partial charge in [-0.25, -0.2) is 0 Å². The predicted molar refractivity (Wildman–Crippen MR) is 72.7 cm³/mol. The van der Waals surface area contributed by atoms with Gasteiger partial charge in [0.2, 0.25) is 0 Å².